The molecular formula is C24H34N4O3. The standard InChI is InChI=1S/C24H34N4O3/c1-2-28-22-11-16-30-18-21(22)23(26-28)24(29)25-12-6-15-31-20-9-13-27(14-10-20)17-19-7-4-3-5-8-19/h3-5,7-8,20H,2,6,9-18H2,1H3,(H,25,29). The maximum absolute atomic E-state index is 12.6. The second kappa shape index (κ2) is 10.9. The first-order valence-electron chi connectivity index (χ1n) is 11.6. The number of amides is 1. The number of hydrogen-bond donors (Lipinski definition) is 1. The van der Waals surface area contributed by atoms with Gasteiger partial charge in [0.1, 0.15) is 0 Å². The van der Waals surface area contributed by atoms with Gasteiger partial charge in [-0.2, -0.15) is 5.10 Å². The lowest BCUT2D eigenvalue weighted by Gasteiger charge is -2.32. The van der Waals surface area contributed by atoms with Crippen molar-refractivity contribution in [2.75, 3.05) is 32.8 Å². The van der Waals surface area contributed by atoms with Crippen LogP contribution >= 0.6 is 0 Å². The van der Waals surface area contributed by atoms with Gasteiger partial charge in [-0.3, -0.25) is 14.4 Å². The number of aromatic nitrogens is 2. The molecule has 2 aromatic rings. The molecule has 0 atom stereocenters. The number of hydrogen-bond acceptors (Lipinski definition) is 5. The van der Waals surface area contributed by atoms with Crippen LogP contribution in [0.5, 0.6) is 0 Å². The highest BCUT2D eigenvalue weighted by molar-refractivity contribution is 5.94. The normalized spacial score (nSPS) is 17.5. The van der Waals surface area contributed by atoms with Gasteiger partial charge in [0.05, 0.1) is 19.3 Å². The molecule has 1 fully saturated rings. The van der Waals surface area contributed by atoms with E-state index in [4.69, 9.17) is 9.47 Å². The maximum Gasteiger partial charge on any atom is 0.272 e. The average molecular weight is 427 g/mol. The summed E-state index contributed by atoms with van der Waals surface area (Å²) in [5, 5.41) is 7.51. The molecule has 31 heavy (non-hydrogen) atoms. The fourth-order valence-electron chi connectivity index (χ4n) is 4.44. The van der Waals surface area contributed by atoms with Crippen molar-refractivity contribution in [1.82, 2.24) is 20.0 Å². The number of ether oxygens (including phenoxy) is 2. The van der Waals surface area contributed by atoms with E-state index in [2.05, 4.69) is 45.6 Å². The summed E-state index contributed by atoms with van der Waals surface area (Å²) in [6.07, 6.45) is 4.09. The highest BCUT2D eigenvalue weighted by Gasteiger charge is 2.25. The molecular weight excluding hydrogens is 392 g/mol. The summed E-state index contributed by atoms with van der Waals surface area (Å²) in [5.41, 5.74) is 3.97. The third kappa shape index (κ3) is 5.73. The zero-order valence-corrected chi connectivity index (χ0v) is 18.5. The van der Waals surface area contributed by atoms with Gasteiger partial charge in [0.2, 0.25) is 0 Å². The third-order valence-corrected chi connectivity index (χ3v) is 6.15. The summed E-state index contributed by atoms with van der Waals surface area (Å²) in [7, 11) is 0. The van der Waals surface area contributed by atoms with Crippen molar-refractivity contribution in [3.63, 3.8) is 0 Å². The lowest BCUT2D eigenvalue weighted by molar-refractivity contribution is 0.00514. The van der Waals surface area contributed by atoms with E-state index in [1.807, 2.05) is 11.6 Å². The van der Waals surface area contributed by atoms with E-state index in [1.165, 1.54) is 5.56 Å². The van der Waals surface area contributed by atoms with Crippen molar-refractivity contribution in [1.29, 1.82) is 0 Å². The predicted molar refractivity (Wildman–Crippen MR) is 119 cm³/mol. The zero-order valence-electron chi connectivity index (χ0n) is 18.5. The summed E-state index contributed by atoms with van der Waals surface area (Å²) >= 11 is 0. The molecule has 2 aliphatic rings. The van der Waals surface area contributed by atoms with Crippen molar-refractivity contribution in [2.45, 2.75) is 58.4 Å². The van der Waals surface area contributed by atoms with Gasteiger partial charge in [0.25, 0.3) is 5.91 Å². The number of benzene rings is 1. The molecule has 2 aliphatic heterocycles. The van der Waals surface area contributed by atoms with Gasteiger partial charge in [-0.05, 0) is 31.7 Å². The van der Waals surface area contributed by atoms with Crippen molar-refractivity contribution < 1.29 is 14.3 Å². The minimum atomic E-state index is -0.108. The first-order valence-corrected chi connectivity index (χ1v) is 11.6. The number of carbonyl (C=O) groups excluding carboxylic acids is 1. The second-order valence-corrected chi connectivity index (χ2v) is 8.33. The Kier molecular flexibility index (Phi) is 7.72. The summed E-state index contributed by atoms with van der Waals surface area (Å²) in [5.74, 6) is -0.108. The molecule has 7 nitrogen and oxygen atoms in total. The number of aryl methyl sites for hydroxylation is 1. The lowest BCUT2D eigenvalue weighted by Crippen LogP contribution is -2.37. The SMILES string of the molecule is CCn1nc(C(=O)NCCCOC2CCN(Cc3ccccc3)CC2)c2c1CCOC2. The third-order valence-electron chi connectivity index (χ3n) is 6.15. The molecule has 1 saturated heterocycles. The molecule has 0 spiro atoms. The van der Waals surface area contributed by atoms with Crippen LogP contribution in [-0.2, 0) is 35.6 Å². The molecule has 168 valence electrons. The lowest BCUT2D eigenvalue weighted by atomic mass is 10.1. The van der Waals surface area contributed by atoms with Gasteiger partial charge in [-0.15, -0.1) is 0 Å². The number of nitrogens with zero attached hydrogens (tertiary/aromatic N) is 3. The van der Waals surface area contributed by atoms with Crippen LogP contribution in [-0.4, -0.2) is 59.5 Å². The number of fused-ring (bicyclic) bond motifs is 1. The smallest absolute Gasteiger partial charge is 0.272 e. The quantitative estimate of drug-likeness (QED) is 0.625. The molecule has 0 saturated carbocycles. The Balaban J connectivity index is 1.13. The monoisotopic (exact) mass is 426 g/mol. The van der Waals surface area contributed by atoms with Gasteiger partial charge in [-0.1, -0.05) is 30.3 Å². The number of nitrogens with one attached hydrogen (secondary N) is 1. The molecule has 0 aliphatic carbocycles. The van der Waals surface area contributed by atoms with E-state index in [0.717, 1.165) is 63.1 Å². The minimum absolute atomic E-state index is 0.108. The van der Waals surface area contributed by atoms with Crippen molar-refractivity contribution in [3.05, 3.63) is 52.8 Å². The summed E-state index contributed by atoms with van der Waals surface area (Å²) < 4.78 is 13.5. The zero-order chi connectivity index (χ0) is 21.5. The molecule has 1 amide bonds. The number of likely N-dealkylation sites (tertiary alicyclic amines) is 1. The van der Waals surface area contributed by atoms with Crippen LogP contribution < -0.4 is 5.32 Å². The van der Waals surface area contributed by atoms with E-state index in [9.17, 15) is 4.79 Å². The van der Waals surface area contributed by atoms with E-state index in [1.54, 1.807) is 0 Å². The van der Waals surface area contributed by atoms with Crippen LogP contribution in [0.15, 0.2) is 30.3 Å². The minimum Gasteiger partial charge on any atom is -0.378 e. The Morgan fingerprint density at radius 1 is 1.26 bits per heavy atom. The van der Waals surface area contributed by atoms with Crippen LogP contribution in [0, 0.1) is 0 Å². The average Bonchev–Trinajstić information content (AvgIpc) is 3.19. The van der Waals surface area contributed by atoms with E-state index in [0.29, 0.717) is 38.2 Å². The largest absolute Gasteiger partial charge is 0.378 e. The van der Waals surface area contributed by atoms with Crippen LogP contribution in [0.25, 0.3) is 0 Å². The number of carbonyl (C=O) groups is 1. The highest BCUT2D eigenvalue weighted by atomic mass is 16.5. The van der Waals surface area contributed by atoms with Crippen LogP contribution in [0.1, 0.15) is 53.5 Å². The molecule has 0 radical (unpaired) electrons. The molecule has 0 unspecified atom stereocenters. The first-order chi connectivity index (χ1) is 15.2. The number of rotatable bonds is 9. The Bertz CT molecular complexity index is 844. The van der Waals surface area contributed by atoms with E-state index in [-0.39, 0.29) is 5.91 Å². The molecule has 7 heteroatoms. The van der Waals surface area contributed by atoms with E-state index >= 15 is 0 Å². The van der Waals surface area contributed by atoms with Gasteiger partial charge in [0, 0.05) is 57.0 Å². The highest BCUT2D eigenvalue weighted by Crippen LogP contribution is 2.21. The molecule has 1 aromatic carbocycles. The van der Waals surface area contributed by atoms with Crippen LogP contribution in [0.2, 0.25) is 0 Å². The molecule has 1 N–H and O–H groups in total. The fourth-order valence-corrected chi connectivity index (χ4v) is 4.44. The van der Waals surface area contributed by atoms with Crippen LogP contribution in [0.4, 0.5) is 0 Å². The van der Waals surface area contributed by atoms with Gasteiger partial charge < -0.3 is 14.8 Å². The summed E-state index contributed by atoms with van der Waals surface area (Å²) in [6, 6.07) is 10.6. The van der Waals surface area contributed by atoms with Crippen LogP contribution in [0.3, 0.4) is 0 Å². The molecule has 4 rings (SSSR count). The second-order valence-electron chi connectivity index (χ2n) is 8.33. The topological polar surface area (TPSA) is 68.6 Å². The molecule has 3 heterocycles. The van der Waals surface area contributed by atoms with Gasteiger partial charge in [-0.25, -0.2) is 0 Å². The Labute approximate surface area is 184 Å². The van der Waals surface area contributed by atoms with Gasteiger partial charge in [0.15, 0.2) is 5.69 Å². The van der Waals surface area contributed by atoms with Crippen molar-refractivity contribution in [3.8, 4) is 0 Å². The molecule has 1 aromatic heterocycles. The first kappa shape index (κ1) is 22.0. The van der Waals surface area contributed by atoms with Crippen molar-refractivity contribution >= 4 is 5.91 Å². The Morgan fingerprint density at radius 3 is 2.84 bits per heavy atom. The summed E-state index contributed by atoms with van der Waals surface area (Å²) in [4.78, 5) is 15.1. The Morgan fingerprint density at radius 2 is 2.06 bits per heavy atom. The van der Waals surface area contributed by atoms with Gasteiger partial charge >= 0.3 is 0 Å². The van der Waals surface area contributed by atoms with Crippen molar-refractivity contribution in [2.24, 2.45) is 0 Å². The fraction of sp³-hybridized carbons (Fsp3) is 0.583. The maximum atomic E-state index is 12.6. The Hall–Kier alpha value is -2.22. The van der Waals surface area contributed by atoms with E-state index < -0.39 is 0 Å². The predicted octanol–water partition coefficient (Wildman–Crippen LogP) is 2.78. The number of piperidine rings is 1. The summed E-state index contributed by atoms with van der Waals surface area (Å²) in [6.45, 7) is 8.43. The molecule has 0 bridgehead atoms.